The average Bonchev–Trinajstić information content (AvgIpc) is 2.46. The van der Waals surface area contributed by atoms with Crippen molar-refractivity contribution >= 4 is 11.9 Å². The van der Waals surface area contributed by atoms with Gasteiger partial charge in [-0.2, -0.15) is 0 Å². The lowest BCUT2D eigenvalue weighted by atomic mass is 9.75. The first-order chi connectivity index (χ1) is 9.57. The lowest BCUT2D eigenvalue weighted by Crippen LogP contribution is -2.45. The van der Waals surface area contributed by atoms with Crippen LogP contribution >= 0.6 is 0 Å². The molecule has 2 N–H and O–H groups in total. The number of hydrogen-bond acceptors (Lipinski definition) is 2. The molecule has 0 aliphatic carbocycles. The van der Waals surface area contributed by atoms with Gasteiger partial charge in [0.25, 0.3) is 0 Å². The molecule has 20 heavy (non-hydrogen) atoms. The number of benzene rings is 2. The van der Waals surface area contributed by atoms with Gasteiger partial charge < -0.3 is 10.2 Å². The van der Waals surface area contributed by atoms with Crippen LogP contribution in [0.15, 0.2) is 60.7 Å². The summed E-state index contributed by atoms with van der Waals surface area (Å²) in [4.78, 5) is 23.4. The van der Waals surface area contributed by atoms with E-state index >= 15 is 0 Å². The molecular weight excluding hydrogens is 256 g/mol. The number of carboxylic acids is 2. The van der Waals surface area contributed by atoms with Crippen molar-refractivity contribution in [3.05, 3.63) is 71.8 Å². The number of carboxylic acid groups (broad SMARTS) is 2. The molecule has 0 atom stereocenters. The van der Waals surface area contributed by atoms with Crippen molar-refractivity contribution in [2.75, 3.05) is 0 Å². The molecule has 2 aromatic rings. The fourth-order valence-electron chi connectivity index (χ4n) is 2.22. The third kappa shape index (κ3) is 2.40. The van der Waals surface area contributed by atoms with Crippen LogP contribution in [0.25, 0.3) is 0 Å². The lowest BCUT2D eigenvalue weighted by Gasteiger charge is -2.25. The van der Waals surface area contributed by atoms with Crippen molar-refractivity contribution in [2.24, 2.45) is 0 Å². The topological polar surface area (TPSA) is 74.6 Å². The van der Waals surface area contributed by atoms with E-state index in [1.54, 1.807) is 48.5 Å². The van der Waals surface area contributed by atoms with Gasteiger partial charge in [0.05, 0.1) is 0 Å². The van der Waals surface area contributed by atoms with Crippen LogP contribution in [0.4, 0.5) is 0 Å². The number of hydrogen-bond donors (Lipinski definition) is 2. The van der Waals surface area contributed by atoms with Gasteiger partial charge in [0.2, 0.25) is 0 Å². The van der Waals surface area contributed by atoms with Gasteiger partial charge in [-0.1, -0.05) is 60.7 Å². The van der Waals surface area contributed by atoms with Crippen LogP contribution in [-0.2, 0) is 21.4 Å². The zero-order valence-corrected chi connectivity index (χ0v) is 10.7. The highest BCUT2D eigenvalue weighted by Gasteiger charge is 2.48. The highest BCUT2D eigenvalue weighted by atomic mass is 16.4. The molecule has 0 aliphatic rings. The minimum Gasteiger partial charge on any atom is -0.480 e. The van der Waals surface area contributed by atoms with E-state index in [1.807, 2.05) is 0 Å². The van der Waals surface area contributed by atoms with E-state index in [-0.39, 0.29) is 12.0 Å². The standard InChI is InChI=1S/C16H14O4/c17-14(18)16(15(19)20,13-9-5-2-6-10-13)11-12-7-3-1-4-8-12/h1-10H,11H2,(H,17,18)(H,19,20). The molecule has 4 nitrogen and oxygen atoms in total. The Morgan fingerprint density at radius 1 is 0.800 bits per heavy atom. The molecule has 0 heterocycles. The fraction of sp³-hybridized carbons (Fsp3) is 0.125. The maximum absolute atomic E-state index is 11.7. The Bertz CT molecular complexity index is 591. The van der Waals surface area contributed by atoms with Gasteiger partial charge in [-0.15, -0.1) is 0 Å². The summed E-state index contributed by atoms with van der Waals surface area (Å²) in [5.41, 5.74) is -1.03. The monoisotopic (exact) mass is 270 g/mol. The highest BCUT2D eigenvalue weighted by molar-refractivity contribution is 6.05. The normalized spacial score (nSPS) is 11.0. The van der Waals surface area contributed by atoms with Gasteiger partial charge in [-0.25, -0.2) is 0 Å². The van der Waals surface area contributed by atoms with Gasteiger partial charge >= 0.3 is 11.9 Å². The van der Waals surface area contributed by atoms with E-state index in [2.05, 4.69) is 0 Å². The van der Waals surface area contributed by atoms with Gasteiger partial charge in [0.15, 0.2) is 5.41 Å². The van der Waals surface area contributed by atoms with Gasteiger partial charge in [0, 0.05) is 6.42 Å². The van der Waals surface area contributed by atoms with Crippen molar-refractivity contribution < 1.29 is 19.8 Å². The minimum absolute atomic E-state index is 0.0947. The predicted octanol–water partition coefficient (Wildman–Crippen LogP) is 2.34. The van der Waals surface area contributed by atoms with Crippen molar-refractivity contribution in [3.8, 4) is 0 Å². The first-order valence-corrected chi connectivity index (χ1v) is 6.13. The molecular formula is C16H14O4. The maximum Gasteiger partial charge on any atom is 0.325 e. The predicted molar refractivity (Wildman–Crippen MR) is 73.5 cm³/mol. The molecule has 2 aromatic carbocycles. The Hall–Kier alpha value is -2.62. The van der Waals surface area contributed by atoms with E-state index in [1.165, 1.54) is 12.1 Å². The summed E-state index contributed by atoms with van der Waals surface area (Å²) in [6.07, 6.45) is -0.0947. The second-order valence-electron chi connectivity index (χ2n) is 4.54. The largest absolute Gasteiger partial charge is 0.480 e. The first kappa shape index (κ1) is 13.8. The van der Waals surface area contributed by atoms with Gasteiger partial charge in [-0.05, 0) is 11.1 Å². The molecule has 0 aliphatic heterocycles. The summed E-state index contributed by atoms with van der Waals surface area (Å²) in [6.45, 7) is 0. The zero-order valence-electron chi connectivity index (χ0n) is 10.7. The molecule has 4 heteroatoms. The molecule has 0 radical (unpaired) electrons. The average molecular weight is 270 g/mol. The Balaban J connectivity index is 2.55. The van der Waals surface area contributed by atoms with Crippen LogP contribution in [0.2, 0.25) is 0 Å². The second kappa shape index (κ2) is 5.57. The van der Waals surface area contributed by atoms with Crippen LogP contribution in [-0.4, -0.2) is 22.2 Å². The fourth-order valence-corrected chi connectivity index (χ4v) is 2.22. The minimum atomic E-state index is -1.97. The summed E-state index contributed by atoms with van der Waals surface area (Å²) in [6, 6.07) is 16.8. The molecule has 0 aromatic heterocycles. The van der Waals surface area contributed by atoms with Crippen molar-refractivity contribution in [1.82, 2.24) is 0 Å². The van der Waals surface area contributed by atoms with Crippen molar-refractivity contribution in [1.29, 1.82) is 0 Å². The van der Waals surface area contributed by atoms with E-state index in [9.17, 15) is 19.8 Å². The third-order valence-corrected chi connectivity index (χ3v) is 3.31. The first-order valence-electron chi connectivity index (χ1n) is 6.13. The van der Waals surface area contributed by atoms with Crippen LogP contribution < -0.4 is 0 Å². The van der Waals surface area contributed by atoms with Crippen molar-refractivity contribution in [3.63, 3.8) is 0 Å². The summed E-state index contributed by atoms with van der Waals surface area (Å²) in [5.74, 6) is -2.72. The van der Waals surface area contributed by atoms with E-state index < -0.39 is 17.4 Å². The Kier molecular flexibility index (Phi) is 3.84. The molecule has 0 bridgehead atoms. The smallest absolute Gasteiger partial charge is 0.325 e. The second-order valence-corrected chi connectivity index (χ2v) is 4.54. The Morgan fingerprint density at radius 3 is 1.70 bits per heavy atom. The van der Waals surface area contributed by atoms with Crippen LogP contribution in [0.3, 0.4) is 0 Å². The van der Waals surface area contributed by atoms with Crippen LogP contribution in [0.5, 0.6) is 0 Å². The molecule has 0 amide bonds. The Labute approximate surface area is 116 Å². The summed E-state index contributed by atoms with van der Waals surface area (Å²) in [5, 5.41) is 19.1. The lowest BCUT2D eigenvalue weighted by molar-refractivity contribution is -0.157. The molecule has 0 saturated carbocycles. The zero-order chi connectivity index (χ0) is 14.6. The highest BCUT2D eigenvalue weighted by Crippen LogP contribution is 2.29. The summed E-state index contributed by atoms with van der Waals surface area (Å²) < 4.78 is 0. The Morgan fingerprint density at radius 2 is 1.25 bits per heavy atom. The molecule has 0 fully saturated rings. The quantitative estimate of drug-likeness (QED) is 0.818. The maximum atomic E-state index is 11.7. The van der Waals surface area contributed by atoms with E-state index in [4.69, 9.17) is 0 Å². The SMILES string of the molecule is O=C(O)C(Cc1ccccc1)(C(=O)O)c1ccccc1. The summed E-state index contributed by atoms with van der Waals surface area (Å²) >= 11 is 0. The van der Waals surface area contributed by atoms with Gasteiger partial charge in [-0.3, -0.25) is 9.59 Å². The van der Waals surface area contributed by atoms with E-state index in [0.717, 1.165) is 0 Å². The van der Waals surface area contributed by atoms with Crippen LogP contribution in [0, 0.1) is 0 Å². The van der Waals surface area contributed by atoms with E-state index in [0.29, 0.717) is 5.56 Å². The number of rotatable bonds is 5. The third-order valence-electron chi connectivity index (χ3n) is 3.31. The number of aliphatic carboxylic acids is 2. The molecule has 0 saturated heterocycles. The molecule has 102 valence electrons. The molecule has 0 unspecified atom stereocenters. The van der Waals surface area contributed by atoms with Crippen molar-refractivity contribution in [2.45, 2.75) is 11.8 Å². The number of carbonyl (C=O) groups is 2. The van der Waals surface area contributed by atoms with Crippen LogP contribution in [0.1, 0.15) is 11.1 Å². The summed E-state index contributed by atoms with van der Waals surface area (Å²) in [7, 11) is 0. The van der Waals surface area contributed by atoms with Gasteiger partial charge in [0.1, 0.15) is 0 Å². The molecule has 0 spiro atoms. The molecule has 2 rings (SSSR count).